The van der Waals surface area contributed by atoms with Crippen LogP contribution in [0.4, 0.5) is 4.39 Å². The largest absolute Gasteiger partial charge is 0.483 e. The number of halogens is 1. The molecule has 3 aromatic rings. The molecule has 0 radical (unpaired) electrons. The predicted molar refractivity (Wildman–Crippen MR) is 93.3 cm³/mol. The lowest BCUT2D eigenvalue weighted by Gasteiger charge is -2.10. The SMILES string of the molecule is Cc1ccc(C)c(OCC(=O)NCCc2cn3cc(F)ccc3n2)c1. The average molecular weight is 341 g/mol. The van der Waals surface area contributed by atoms with Crippen LogP contribution in [0, 0.1) is 19.7 Å². The van der Waals surface area contributed by atoms with Gasteiger partial charge in [0.1, 0.15) is 17.2 Å². The number of aryl methyl sites for hydroxylation is 2. The molecule has 0 fully saturated rings. The van der Waals surface area contributed by atoms with E-state index in [-0.39, 0.29) is 18.3 Å². The van der Waals surface area contributed by atoms with Crippen molar-refractivity contribution in [1.29, 1.82) is 0 Å². The van der Waals surface area contributed by atoms with Gasteiger partial charge in [0, 0.05) is 25.4 Å². The van der Waals surface area contributed by atoms with Crippen molar-refractivity contribution in [2.45, 2.75) is 20.3 Å². The van der Waals surface area contributed by atoms with Crippen LogP contribution in [0.25, 0.3) is 5.65 Å². The molecular weight excluding hydrogens is 321 g/mol. The number of hydrogen-bond acceptors (Lipinski definition) is 3. The van der Waals surface area contributed by atoms with E-state index in [4.69, 9.17) is 4.74 Å². The summed E-state index contributed by atoms with van der Waals surface area (Å²) in [7, 11) is 0. The van der Waals surface area contributed by atoms with Gasteiger partial charge in [-0.2, -0.15) is 0 Å². The molecular formula is C19H20FN3O2. The third-order valence-corrected chi connectivity index (χ3v) is 3.87. The molecule has 130 valence electrons. The molecule has 5 nitrogen and oxygen atoms in total. The Morgan fingerprint density at radius 2 is 2.08 bits per heavy atom. The Kier molecular flexibility index (Phi) is 4.97. The zero-order chi connectivity index (χ0) is 17.8. The second-order valence-electron chi connectivity index (χ2n) is 6.00. The van der Waals surface area contributed by atoms with Gasteiger partial charge >= 0.3 is 0 Å². The maximum absolute atomic E-state index is 13.2. The van der Waals surface area contributed by atoms with Gasteiger partial charge in [0.25, 0.3) is 5.91 Å². The Balaban J connectivity index is 1.48. The van der Waals surface area contributed by atoms with Crippen molar-refractivity contribution in [3.63, 3.8) is 0 Å². The third-order valence-electron chi connectivity index (χ3n) is 3.87. The lowest BCUT2D eigenvalue weighted by molar-refractivity contribution is -0.123. The Hall–Kier alpha value is -2.89. The molecule has 0 atom stereocenters. The molecule has 6 heteroatoms. The van der Waals surface area contributed by atoms with Gasteiger partial charge in [0.05, 0.1) is 5.69 Å². The van der Waals surface area contributed by atoms with E-state index in [9.17, 15) is 9.18 Å². The Labute approximate surface area is 145 Å². The highest BCUT2D eigenvalue weighted by molar-refractivity contribution is 5.77. The number of fused-ring (bicyclic) bond motifs is 1. The summed E-state index contributed by atoms with van der Waals surface area (Å²) in [6.07, 6.45) is 3.71. The maximum Gasteiger partial charge on any atom is 0.257 e. The third kappa shape index (κ3) is 4.35. The monoisotopic (exact) mass is 341 g/mol. The number of amides is 1. The average Bonchev–Trinajstić information content (AvgIpc) is 2.97. The number of rotatable bonds is 6. The van der Waals surface area contributed by atoms with Crippen molar-refractivity contribution in [3.8, 4) is 5.75 Å². The van der Waals surface area contributed by atoms with E-state index >= 15 is 0 Å². The van der Waals surface area contributed by atoms with E-state index in [0.29, 0.717) is 18.6 Å². The molecule has 0 aliphatic heterocycles. The highest BCUT2D eigenvalue weighted by Gasteiger charge is 2.07. The minimum Gasteiger partial charge on any atom is -0.483 e. The van der Waals surface area contributed by atoms with Crippen LogP contribution in [0.15, 0.2) is 42.7 Å². The topological polar surface area (TPSA) is 55.6 Å². The van der Waals surface area contributed by atoms with Gasteiger partial charge in [-0.15, -0.1) is 0 Å². The summed E-state index contributed by atoms with van der Waals surface area (Å²) < 4.78 is 20.4. The number of pyridine rings is 1. The number of imidazole rings is 1. The van der Waals surface area contributed by atoms with Crippen LogP contribution in [0.2, 0.25) is 0 Å². The summed E-state index contributed by atoms with van der Waals surface area (Å²) >= 11 is 0. The van der Waals surface area contributed by atoms with Crippen molar-refractivity contribution < 1.29 is 13.9 Å². The minimum absolute atomic E-state index is 0.0271. The highest BCUT2D eigenvalue weighted by atomic mass is 19.1. The fraction of sp³-hybridized carbons (Fsp3) is 0.263. The van der Waals surface area contributed by atoms with Crippen LogP contribution < -0.4 is 10.1 Å². The minimum atomic E-state index is -0.312. The van der Waals surface area contributed by atoms with Gasteiger partial charge in [-0.25, -0.2) is 9.37 Å². The molecule has 0 bridgehead atoms. The van der Waals surface area contributed by atoms with Crippen LogP contribution >= 0.6 is 0 Å². The van der Waals surface area contributed by atoms with Gasteiger partial charge in [-0.1, -0.05) is 12.1 Å². The molecule has 0 aliphatic carbocycles. The second-order valence-corrected chi connectivity index (χ2v) is 6.00. The molecule has 0 aliphatic rings. The van der Waals surface area contributed by atoms with E-state index in [0.717, 1.165) is 22.6 Å². The predicted octanol–water partition coefficient (Wildman–Crippen LogP) is 2.83. The first-order valence-electron chi connectivity index (χ1n) is 8.11. The lowest BCUT2D eigenvalue weighted by Crippen LogP contribution is -2.30. The molecule has 1 aromatic carbocycles. The zero-order valence-electron chi connectivity index (χ0n) is 14.3. The normalized spacial score (nSPS) is 10.8. The summed E-state index contributed by atoms with van der Waals surface area (Å²) in [6.45, 7) is 4.34. The number of nitrogens with zero attached hydrogens (tertiary/aromatic N) is 2. The number of aromatic nitrogens is 2. The van der Waals surface area contributed by atoms with Crippen LogP contribution in [0.5, 0.6) is 5.75 Å². The van der Waals surface area contributed by atoms with Gasteiger partial charge in [0.2, 0.25) is 0 Å². The molecule has 3 rings (SSSR count). The molecule has 0 unspecified atom stereocenters. The molecule has 0 spiro atoms. The molecule has 1 amide bonds. The number of hydrogen-bond donors (Lipinski definition) is 1. The Morgan fingerprint density at radius 1 is 1.24 bits per heavy atom. The summed E-state index contributed by atoms with van der Waals surface area (Å²) in [4.78, 5) is 16.3. The van der Waals surface area contributed by atoms with E-state index in [1.54, 1.807) is 16.7 Å². The van der Waals surface area contributed by atoms with E-state index in [1.165, 1.54) is 12.3 Å². The van der Waals surface area contributed by atoms with Crippen molar-refractivity contribution >= 4 is 11.6 Å². The number of benzene rings is 1. The van der Waals surface area contributed by atoms with E-state index in [2.05, 4.69) is 10.3 Å². The summed E-state index contributed by atoms with van der Waals surface area (Å²) in [6, 6.07) is 8.88. The molecule has 2 heterocycles. The van der Waals surface area contributed by atoms with Gasteiger partial charge in [0.15, 0.2) is 6.61 Å². The Bertz CT molecular complexity index is 905. The summed E-state index contributed by atoms with van der Waals surface area (Å²) in [5, 5.41) is 2.80. The number of carbonyl (C=O) groups excluding carboxylic acids is 1. The molecule has 2 aromatic heterocycles. The van der Waals surface area contributed by atoms with Gasteiger partial charge in [-0.05, 0) is 43.2 Å². The summed E-state index contributed by atoms with van der Waals surface area (Å²) in [5.74, 6) is 0.224. The lowest BCUT2D eigenvalue weighted by atomic mass is 10.1. The molecule has 0 saturated carbocycles. The number of carbonyl (C=O) groups is 1. The quantitative estimate of drug-likeness (QED) is 0.750. The first-order chi connectivity index (χ1) is 12.0. The molecule has 25 heavy (non-hydrogen) atoms. The van der Waals surface area contributed by atoms with Crippen molar-refractivity contribution in [1.82, 2.24) is 14.7 Å². The van der Waals surface area contributed by atoms with Crippen molar-refractivity contribution in [2.24, 2.45) is 0 Å². The van der Waals surface area contributed by atoms with Gasteiger partial charge < -0.3 is 14.5 Å². The van der Waals surface area contributed by atoms with E-state index in [1.807, 2.05) is 32.0 Å². The van der Waals surface area contributed by atoms with Crippen LogP contribution in [-0.4, -0.2) is 28.4 Å². The van der Waals surface area contributed by atoms with Crippen LogP contribution in [0.1, 0.15) is 16.8 Å². The maximum atomic E-state index is 13.2. The first kappa shape index (κ1) is 17.0. The number of nitrogens with one attached hydrogen (secondary N) is 1. The van der Waals surface area contributed by atoms with Crippen molar-refractivity contribution in [2.75, 3.05) is 13.2 Å². The van der Waals surface area contributed by atoms with Crippen LogP contribution in [0.3, 0.4) is 0 Å². The first-order valence-corrected chi connectivity index (χ1v) is 8.11. The smallest absolute Gasteiger partial charge is 0.257 e. The fourth-order valence-corrected chi connectivity index (χ4v) is 2.52. The number of ether oxygens (including phenoxy) is 1. The highest BCUT2D eigenvalue weighted by Crippen LogP contribution is 2.18. The standard InChI is InChI=1S/C19H20FN3O2/c1-13-3-4-14(2)17(9-13)25-12-19(24)21-8-7-16-11-23-10-15(20)5-6-18(23)22-16/h3-6,9-11H,7-8,12H2,1-2H3,(H,21,24). The van der Waals surface area contributed by atoms with E-state index < -0.39 is 0 Å². The fourth-order valence-electron chi connectivity index (χ4n) is 2.52. The van der Waals surface area contributed by atoms with Crippen LogP contribution in [-0.2, 0) is 11.2 Å². The molecule has 0 saturated heterocycles. The van der Waals surface area contributed by atoms with Gasteiger partial charge in [-0.3, -0.25) is 4.79 Å². The Morgan fingerprint density at radius 3 is 2.92 bits per heavy atom. The zero-order valence-corrected chi connectivity index (χ0v) is 14.3. The summed E-state index contributed by atoms with van der Waals surface area (Å²) in [5.41, 5.74) is 3.56. The van der Waals surface area contributed by atoms with Crippen molar-refractivity contribution in [3.05, 3.63) is 65.4 Å². The second kappa shape index (κ2) is 7.34. The molecule has 1 N–H and O–H groups in total.